The Labute approximate surface area is 199 Å². The van der Waals surface area contributed by atoms with Crippen LogP contribution in [0.4, 0.5) is 10.1 Å². The Morgan fingerprint density at radius 2 is 1.82 bits per heavy atom. The van der Waals surface area contributed by atoms with Crippen molar-refractivity contribution in [1.82, 2.24) is 19.4 Å². The van der Waals surface area contributed by atoms with E-state index in [9.17, 15) is 9.18 Å². The summed E-state index contributed by atoms with van der Waals surface area (Å²) in [5, 5.41) is 4.54. The number of carbonyl (C=O) groups excluding carboxylic acids is 1. The molecule has 3 aliphatic rings. The Balaban J connectivity index is 1.18. The van der Waals surface area contributed by atoms with Crippen LogP contribution in [-0.4, -0.2) is 77.3 Å². The monoisotopic (exact) mass is 461 g/mol. The molecule has 6 nitrogen and oxygen atoms in total. The zero-order chi connectivity index (χ0) is 23.2. The van der Waals surface area contributed by atoms with Crippen LogP contribution in [0.15, 0.2) is 48.8 Å². The number of hydrogen-bond donors (Lipinski definition) is 0. The predicted molar refractivity (Wildman–Crippen MR) is 132 cm³/mol. The number of alkyl halides is 1. The highest BCUT2D eigenvalue weighted by molar-refractivity contribution is 5.83. The lowest BCUT2D eigenvalue weighted by atomic mass is 9.96. The number of halogens is 1. The van der Waals surface area contributed by atoms with Crippen molar-refractivity contribution < 1.29 is 9.18 Å². The third kappa shape index (κ3) is 3.96. The van der Waals surface area contributed by atoms with Gasteiger partial charge in [-0.25, -0.2) is 8.91 Å². The standard InChI is InChI=1S/C27H32FN5O/c1-2-30-10-8-21(17-30)19-3-5-20(6-4-19)22-15-26-25(7-9-29-33(26)18-22)31-11-13-32(14-12-31)27(34)23-16-24(23)28/h3-7,9,15,18,21,23-24H,2,8,10-14,16-17H2,1H3/t21-,23?,24+/m0/s1. The highest BCUT2D eigenvalue weighted by atomic mass is 19.1. The van der Waals surface area contributed by atoms with Gasteiger partial charge >= 0.3 is 0 Å². The van der Waals surface area contributed by atoms with Crippen LogP contribution in [0, 0.1) is 5.92 Å². The fraction of sp³-hybridized carbons (Fsp3) is 0.481. The van der Waals surface area contributed by atoms with Gasteiger partial charge in [0.25, 0.3) is 0 Å². The summed E-state index contributed by atoms with van der Waals surface area (Å²) in [5.41, 5.74) is 5.99. The van der Waals surface area contributed by atoms with E-state index in [1.54, 1.807) is 0 Å². The number of benzene rings is 1. The number of rotatable bonds is 5. The predicted octanol–water partition coefficient (Wildman–Crippen LogP) is 3.82. The molecule has 0 N–H and O–H groups in total. The summed E-state index contributed by atoms with van der Waals surface area (Å²) < 4.78 is 15.2. The van der Waals surface area contributed by atoms with Crippen LogP contribution in [0.1, 0.15) is 31.2 Å². The van der Waals surface area contributed by atoms with Crippen molar-refractivity contribution in [2.24, 2.45) is 5.92 Å². The highest BCUT2D eigenvalue weighted by Gasteiger charge is 2.46. The summed E-state index contributed by atoms with van der Waals surface area (Å²) in [5.74, 6) is 0.232. The zero-order valence-corrected chi connectivity index (χ0v) is 19.7. The van der Waals surface area contributed by atoms with Gasteiger partial charge in [0.2, 0.25) is 5.91 Å². The lowest BCUT2D eigenvalue weighted by Crippen LogP contribution is -2.49. The molecule has 4 heterocycles. The van der Waals surface area contributed by atoms with Gasteiger partial charge in [-0.3, -0.25) is 4.79 Å². The largest absolute Gasteiger partial charge is 0.366 e. The van der Waals surface area contributed by atoms with Crippen LogP contribution in [0.2, 0.25) is 0 Å². The highest BCUT2D eigenvalue weighted by Crippen LogP contribution is 2.36. The molecule has 2 aromatic heterocycles. The number of piperazine rings is 1. The number of fused-ring (bicyclic) bond motifs is 1. The van der Waals surface area contributed by atoms with Gasteiger partial charge in [0.1, 0.15) is 6.17 Å². The average Bonchev–Trinajstić information content (AvgIpc) is 3.26. The first kappa shape index (κ1) is 21.6. The Morgan fingerprint density at radius 1 is 1.06 bits per heavy atom. The summed E-state index contributed by atoms with van der Waals surface area (Å²) in [4.78, 5) is 19.0. The Bertz CT molecular complexity index is 1180. The minimum atomic E-state index is -0.928. The van der Waals surface area contributed by atoms with E-state index < -0.39 is 12.1 Å². The van der Waals surface area contributed by atoms with E-state index in [1.165, 1.54) is 24.1 Å². The van der Waals surface area contributed by atoms with Gasteiger partial charge in [0, 0.05) is 50.7 Å². The molecule has 0 bridgehead atoms. The van der Waals surface area contributed by atoms with E-state index in [-0.39, 0.29) is 5.91 Å². The maximum absolute atomic E-state index is 13.3. The minimum Gasteiger partial charge on any atom is -0.366 e. The van der Waals surface area contributed by atoms with Crippen LogP contribution in [-0.2, 0) is 4.79 Å². The number of anilines is 1. The van der Waals surface area contributed by atoms with Crippen molar-refractivity contribution in [2.45, 2.75) is 31.9 Å². The van der Waals surface area contributed by atoms with Crippen LogP contribution >= 0.6 is 0 Å². The Kier molecular flexibility index (Phi) is 5.52. The first-order valence-corrected chi connectivity index (χ1v) is 12.6. The molecule has 1 aromatic carbocycles. The summed E-state index contributed by atoms with van der Waals surface area (Å²) >= 11 is 0. The van der Waals surface area contributed by atoms with Crippen LogP contribution in [0.25, 0.3) is 16.6 Å². The molecule has 1 saturated carbocycles. The number of carbonyl (C=O) groups is 1. The Hall–Kier alpha value is -2.93. The van der Waals surface area contributed by atoms with Gasteiger partial charge in [0.05, 0.1) is 17.1 Å². The van der Waals surface area contributed by atoms with Gasteiger partial charge < -0.3 is 14.7 Å². The van der Waals surface area contributed by atoms with Crippen molar-refractivity contribution in [1.29, 1.82) is 0 Å². The molecule has 1 unspecified atom stereocenters. The van der Waals surface area contributed by atoms with Crippen molar-refractivity contribution in [2.75, 3.05) is 50.7 Å². The molecule has 3 fully saturated rings. The average molecular weight is 462 g/mol. The molecule has 0 spiro atoms. The first-order valence-electron chi connectivity index (χ1n) is 12.6. The summed E-state index contributed by atoms with van der Waals surface area (Å²) in [6.45, 7) is 8.51. The molecule has 1 aliphatic carbocycles. The summed E-state index contributed by atoms with van der Waals surface area (Å²) in [7, 11) is 0. The number of aromatic nitrogens is 2. The summed E-state index contributed by atoms with van der Waals surface area (Å²) in [6, 6.07) is 13.3. The molecule has 3 aromatic rings. The maximum Gasteiger partial charge on any atom is 0.228 e. The van der Waals surface area contributed by atoms with Crippen LogP contribution < -0.4 is 4.90 Å². The third-order valence-corrected chi connectivity index (χ3v) is 7.88. The number of likely N-dealkylation sites (tertiary alicyclic amines) is 1. The summed E-state index contributed by atoms with van der Waals surface area (Å²) in [6.07, 6.45) is 4.64. The lowest BCUT2D eigenvalue weighted by molar-refractivity contribution is -0.133. The van der Waals surface area contributed by atoms with Crippen molar-refractivity contribution in [3.05, 3.63) is 54.4 Å². The van der Waals surface area contributed by atoms with E-state index in [0.717, 1.165) is 42.9 Å². The molecule has 1 amide bonds. The molecule has 7 heteroatoms. The zero-order valence-electron chi connectivity index (χ0n) is 19.7. The molecule has 2 aliphatic heterocycles. The van der Waals surface area contributed by atoms with E-state index in [2.05, 4.69) is 64.4 Å². The second-order valence-electron chi connectivity index (χ2n) is 9.95. The van der Waals surface area contributed by atoms with Crippen molar-refractivity contribution >= 4 is 17.1 Å². The fourth-order valence-corrected chi connectivity index (χ4v) is 5.59. The molecule has 34 heavy (non-hydrogen) atoms. The quantitative estimate of drug-likeness (QED) is 0.580. The Morgan fingerprint density at radius 3 is 2.50 bits per heavy atom. The fourth-order valence-electron chi connectivity index (χ4n) is 5.59. The smallest absolute Gasteiger partial charge is 0.228 e. The van der Waals surface area contributed by atoms with Gasteiger partial charge in [0.15, 0.2) is 0 Å². The van der Waals surface area contributed by atoms with Gasteiger partial charge in [-0.05, 0) is 55.1 Å². The number of nitrogens with zero attached hydrogens (tertiary/aromatic N) is 5. The molecular formula is C27H32FN5O. The second-order valence-corrected chi connectivity index (χ2v) is 9.95. The minimum absolute atomic E-state index is 0.0135. The third-order valence-electron chi connectivity index (χ3n) is 7.88. The number of likely N-dealkylation sites (N-methyl/N-ethyl adjacent to an activating group) is 1. The molecule has 178 valence electrons. The topological polar surface area (TPSA) is 44.1 Å². The molecular weight excluding hydrogens is 429 g/mol. The van der Waals surface area contributed by atoms with E-state index in [4.69, 9.17) is 0 Å². The molecule has 2 saturated heterocycles. The van der Waals surface area contributed by atoms with Crippen molar-refractivity contribution in [3.63, 3.8) is 0 Å². The van der Waals surface area contributed by atoms with Crippen LogP contribution in [0.3, 0.4) is 0 Å². The van der Waals surface area contributed by atoms with Crippen LogP contribution in [0.5, 0.6) is 0 Å². The SMILES string of the molecule is CCN1CC[C@H](c2ccc(-c3cc4c(N5CCN(C(=O)C6C[C@H]6F)CC5)ccnn4c3)cc2)C1. The van der Waals surface area contributed by atoms with Gasteiger partial charge in [-0.15, -0.1) is 0 Å². The normalized spacial score (nSPS) is 25.3. The number of hydrogen-bond acceptors (Lipinski definition) is 4. The van der Waals surface area contributed by atoms with Crippen molar-refractivity contribution in [3.8, 4) is 11.1 Å². The molecule has 0 radical (unpaired) electrons. The molecule has 6 rings (SSSR count). The number of amides is 1. The van der Waals surface area contributed by atoms with E-state index in [1.807, 2.05) is 15.6 Å². The maximum atomic E-state index is 13.3. The second kappa shape index (κ2) is 8.69. The van der Waals surface area contributed by atoms with Gasteiger partial charge in [-0.2, -0.15) is 5.10 Å². The lowest BCUT2D eigenvalue weighted by Gasteiger charge is -2.36. The van der Waals surface area contributed by atoms with Gasteiger partial charge in [-0.1, -0.05) is 31.2 Å². The van der Waals surface area contributed by atoms with E-state index in [0.29, 0.717) is 25.4 Å². The molecule has 3 atom stereocenters. The first-order chi connectivity index (χ1) is 16.6. The van der Waals surface area contributed by atoms with E-state index >= 15 is 0 Å².